The smallest absolute Gasteiger partial charge is 0.274 e. The Labute approximate surface area is 179 Å². The maximum absolute atomic E-state index is 14.4. The second-order valence-electron chi connectivity index (χ2n) is 7.48. The normalized spacial score (nSPS) is 15.3. The molecule has 0 spiro atoms. The number of hydrogen-bond donors (Lipinski definition) is 1. The van der Waals surface area contributed by atoms with Crippen LogP contribution in [0.4, 0.5) is 24.5 Å². The van der Waals surface area contributed by atoms with Crippen LogP contribution in [0.1, 0.15) is 29.4 Å². The minimum Gasteiger partial charge on any atom is -0.318 e. The van der Waals surface area contributed by atoms with Gasteiger partial charge in [0.15, 0.2) is 11.5 Å². The highest BCUT2D eigenvalue weighted by molar-refractivity contribution is 6.03. The lowest BCUT2D eigenvalue weighted by Crippen LogP contribution is -2.37. The summed E-state index contributed by atoms with van der Waals surface area (Å²) in [6.07, 6.45) is 3.65. The number of amides is 1. The van der Waals surface area contributed by atoms with Crippen LogP contribution in [0, 0.1) is 12.4 Å². The van der Waals surface area contributed by atoms with E-state index in [9.17, 15) is 18.0 Å². The summed E-state index contributed by atoms with van der Waals surface area (Å²) in [6, 6.07) is 6.64. The molecule has 4 aromatic rings. The maximum Gasteiger partial charge on any atom is 0.274 e. The minimum absolute atomic E-state index is 0.0910. The number of carbonyl (C=O) groups excluding carboxylic acids is 1. The molecule has 5 rings (SSSR count). The zero-order valence-corrected chi connectivity index (χ0v) is 16.3. The molecule has 0 aliphatic heterocycles. The third kappa shape index (κ3) is 3.45. The van der Waals surface area contributed by atoms with Crippen molar-refractivity contribution in [3.8, 4) is 11.4 Å². The number of anilines is 1. The Morgan fingerprint density at radius 2 is 2.03 bits per heavy atom. The van der Waals surface area contributed by atoms with Crippen LogP contribution in [0.5, 0.6) is 0 Å². The Hall–Kier alpha value is -4.20. The van der Waals surface area contributed by atoms with Crippen LogP contribution < -0.4 is 5.32 Å². The summed E-state index contributed by atoms with van der Waals surface area (Å²) in [6.45, 7) is 7.05. The van der Waals surface area contributed by atoms with Crippen molar-refractivity contribution in [2.75, 3.05) is 5.32 Å². The fraction of sp³-hybridized carbons (Fsp3) is 0.190. The van der Waals surface area contributed by atoms with E-state index >= 15 is 0 Å². The van der Waals surface area contributed by atoms with E-state index in [1.807, 2.05) is 0 Å². The molecule has 3 aromatic heterocycles. The summed E-state index contributed by atoms with van der Waals surface area (Å²) < 4.78 is 43.5. The molecule has 3 heterocycles. The van der Waals surface area contributed by atoms with Crippen molar-refractivity contribution in [3.05, 3.63) is 72.0 Å². The first-order valence-corrected chi connectivity index (χ1v) is 9.58. The summed E-state index contributed by atoms with van der Waals surface area (Å²) in [7, 11) is 0. The third-order valence-corrected chi connectivity index (χ3v) is 5.28. The maximum atomic E-state index is 14.4. The summed E-state index contributed by atoms with van der Waals surface area (Å²) in [5.41, 5.74) is 1.29. The first-order chi connectivity index (χ1) is 15.3. The summed E-state index contributed by atoms with van der Waals surface area (Å²) >= 11 is 0. The molecule has 0 unspecified atom stereocenters. The summed E-state index contributed by atoms with van der Waals surface area (Å²) in [5.74, 6) is -3.71. The van der Waals surface area contributed by atoms with Crippen molar-refractivity contribution in [1.82, 2.24) is 24.1 Å². The first kappa shape index (κ1) is 19.7. The van der Waals surface area contributed by atoms with Crippen molar-refractivity contribution in [2.45, 2.75) is 24.8 Å². The Balaban J connectivity index is 1.38. The summed E-state index contributed by atoms with van der Waals surface area (Å²) in [4.78, 5) is 24.3. The van der Waals surface area contributed by atoms with Gasteiger partial charge >= 0.3 is 0 Å². The van der Waals surface area contributed by atoms with Gasteiger partial charge in [-0.05, 0) is 30.3 Å². The molecule has 160 valence electrons. The minimum atomic E-state index is -2.68. The molecule has 0 bridgehead atoms. The van der Waals surface area contributed by atoms with Crippen LogP contribution in [-0.4, -0.2) is 36.0 Å². The number of aromatic nitrogens is 5. The number of rotatable bonds is 4. The number of benzene rings is 1. The van der Waals surface area contributed by atoms with Crippen LogP contribution >= 0.6 is 0 Å². The number of alkyl halides is 2. The van der Waals surface area contributed by atoms with Gasteiger partial charge < -0.3 is 5.32 Å². The number of fused-ring (bicyclic) bond motifs is 1. The topological polar surface area (TPSA) is 81.5 Å². The Kier molecular flexibility index (Phi) is 4.44. The molecule has 1 aliphatic carbocycles. The molecule has 0 atom stereocenters. The number of carbonyl (C=O) groups is 1. The van der Waals surface area contributed by atoms with Gasteiger partial charge in [-0.1, -0.05) is 0 Å². The average molecular weight is 437 g/mol. The second-order valence-corrected chi connectivity index (χ2v) is 7.48. The van der Waals surface area contributed by atoms with Crippen LogP contribution in [0.3, 0.4) is 0 Å². The van der Waals surface area contributed by atoms with Gasteiger partial charge in [0.05, 0.1) is 24.5 Å². The molecule has 32 heavy (non-hydrogen) atoms. The van der Waals surface area contributed by atoms with Crippen molar-refractivity contribution in [1.29, 1.82) is 0 Å². The SMILES string of the molecule is [C-]#[N+]c1ccn2c(C(=O)Nc3cc(-c4ncn(C5CC(F)(F)C5)n4)ccc3F)cnc2c1. The van der Waals surface area contributed by atoms with E-state index in [1.54, 1.807) is 6.07 Å². The van der Waals surface area contributed by atoms with Gasteiger partial charge in [-0.15, -0.1) is 0 Å². The highest BCUT2D eigenvalue weighted by Crippen LogP contribution is 2.45. The molecule has 0 saturated heterocycles. The van der Waals surface area contributed by atoms with Crippen molar-refractivity contribution in [3.63, 3.8) is 0 Å². The van der Waals surface area contributed by atoms with Crippen molar-refractivity contribution < 1.29 is 18.0 Å². The molecule has 11 heteroatoms. The summed E-state index contributed by atoms with van der Waals surface area (Å²) in [5, 5.41) is 6.73. The van der Waals surface area contributed by atoms with E-state index in [2.05, 4.69) is 25.2 Å². The highest BCUT2D eigenvalue weighted by Gasteiger charge is 2.46. The lowest BCUT2D eigenvalue weighted by atomic mass is 9.88. The van der Waals surface area contributed by atoms with E-state index in [0.717, 1.165) is 0 Å². The van der Waals surface area contributed by atoms with Gasteiger partial charge in [0.2, 0.25) is 0 Å². The monoisotopic (exact) mass is 437 g/mol. The molecule has 1 N–H and O–H groups in total. The highest BCUT2D eigenvalue weighted by atomic mass is 19.3. The predicted octanol–water partition coefficient (Wildman–Crippen LogP) is 4.51. The quantitative estimate of drug-likeness (QED) is 0.477. The van der Waals surface area contributed by atoms with Crippen LogP contribution in [0.25, 0.3) is 21.9 Å². The number of nitrogens with zero attached hydrogens (tertiary/aromatic N) is 6. The van der Waals surface area contributed by atoms with Gasteiger partial charge in [-0.2, -0.15) is 5.10 Å². The van der Waals surface area contributed by atoms with Gasteiger partial charge in [0.25, 0.3) is 11.8 Å². The van der Waals surface area contributed by atoms with Gasteiger partial charge in [-0.3, -0.25) is 9.20 Å². The molecular formula is C21H14F3N7O. The lowest BCUT2D eigenvalue weighted by molar-refractivity contribution is -0.107. The molecule has 1 fully saturated rings. The van der Waals surface area contributed by atoms with Crippen LogP contribution in [0.2, 0.25) is 0 Å². The zero-order chi connectivity index (χ0) is 22.5. The fourth-order valence-corrected chi connectivity index (χ4v) is 3.55. The van der Waals surface area contributed by atoms with E-state index in [1.165, 1.54) is 52.1 Å². The Bertz CT molecular complexity index is 1390. The van der Waals surface area contributed by atoms with Crippen molar-refractivity contribution in [2.24, 2.45) is 0 Å². The fourth-order valence-electron chi connectivity index (χ4n) is 3.55. The Morgan fingerprint density at radius 3 is 2.78 bits per heavy atom. The number of nitrogens with one attached hydrogen (secondary N) is 1. The molecule has 8 nitrogen and oxygen atoms in total. The average Bonchev–Trinajstić information content (AvgIpc) is 3.40. The van der Waals surface area contributed by atoms with Gasteiger partial charge in [0, 0.05) is 24.6 Å². The Morgan fingerprint density at radius 1 is 1.22 bits per heavy atom. The number of imidazole rings is 1. The van der Waals surface area contributed by atoms with E-state index in [0.29, 0.717) is 16.9 Å². The number of hydrogen-bond acceptors (Lipinski definition) is 4. The number of halogens is 3. The molecule has 1 aromatic carbocycles. The molecule has 1 aliphatic rings. The van der Waals surface area contributed by atoms with Gasteiger partial charge in [-0.25, -0.2) is 32.7 Å². The number of pyridine rings is 1. The van der Waals surface area contributed by atoms with Crippen molar-refractivity contribution >= 4 is 22.9 Å². The second kappa shape index (κ2) is 7.19. The molecule has 1 amide bonds. The van der Waals surface area contributed by atoms with Crippen LogP contribution in [-0.2, 0) is 0 Å². The predicted molar refractivity (Wildman–Crippen MR) is 108 cm³/mol. The van der Waals surface area contributed by atoms with E-state index in [4.69, 9.17) is 6.57 Å². The van der Waals surface area contributed by atoms with Gasteiger partial charge in [0.1, 0.15) is 23.5 Å². The first-order valence-electron chi connectivity index (χ1n) is 9.58. The van der Waals surface area contributed by atoms with Crippen LogP contribution in [0.15, 0.2) is 49.1 Å². The van der Waals surface area contributed by atoms with E-state index < -0.39 is 23.7 Å². The third-order valence-electron chi connectivity index (χ3n) is 5.28. The molecule has 1 saturated carbocycles. The largest absolute Gasteiger partial charge is 0.318 e. The standard InChI is InChI=1S/C21H14F3N7O/c1-25-13-4-5-30-17(10-26-18(30)7-13)20(32)28-16-6-12(2-3-15(16)22)19-27-11-31(29-19)14-8-21(23,24)9-14/h2-7,10-11,14H,8-9H2,(H,28,32). The lowest BCUT2D eigenvalue weighted by Gasteiger charge is -2.34. The molecule has 0 radical (unpaired) electrons. The van der Waals surface area contributed by atoms with E-state index in [-0.39, 0.29) is 30.0 Å². The zero-order valence-electron chi connectivity index (χ0n) is 16.3. The molecular weight excluding hydrogens is 423 g/mol.